The van der Waals surface area contributed by atoms with Gasteiger partial charge in [0, 0.05) is 25.3 Å². The Morgan fingerprint density at radius 3 is 2.32 bits per heavy atom. The second-order valence-corrected chi connectivity index (χ2v) is 5.23. The van der Waals surface area contributed by atoms with Gasteiger partial charge >= 0.3 is 0 Å². The molecule has 0 spiro atoms. The Labute approximate surface area is 128 Å². The average molecular weight is 295 g/mol. The molecule has 0 atom stereocenters. The molecule has 0 amide bonds. The maximum atomic E-state index is 12.5. The zero-order valence-corrected chi connectivity index (χ0v) is 12.8. The van der Waals surface area contributed by atoms with Crippen molar-refractivity contribution >= 4 is 16.7 Å². The van der Waals surface area contributed by atoms with E-state index in [2.05, 4.69) is 0 Å². The molecule has 0 saturated heterocycles. The number of benzene rings is 2. The lowest BCUT2D eigenvalue weighted by molar-refractivity contribution is 0.399. The van der Waals surface area contributed by atoms with Gasteiger partial charge < -0.3 is 14.1 Å². The molecular formula is C18H17NO3. The van der Waals surface area contributed by atoms with E-state index >= 15 is 0 Å². The lowest BCUT2D eigenvalue weighted by Crippen LogP contribution is -2.09. The summed E-state index contributed by atoms with van der Waals surface area (Å²) in [5, 5.41) is 0.521. The molecule has 2 aromatic carbocycles. The summed E-state index contributed by atoms with van der Waals surface area (Å²) in [6.07, 6.45) is 0. The highest BCUT2D eigenvalue weighted by Crippen LogP contribution is 2.31. The number of hydrogen-bond acceptors (Lipinski definition) is 4. The fourth-order valence-corrected chi connectivity index (χ4v) is 2.41. The van der Waals surface area contributed by atoms with E-state index in [1.807, 2.05) is 55.4 Å². The zero-order valence-electron chi connectivity index (χ0n) is 12.8. The minimum atomic E-state index is -0.156. The standard InChI is InChI=1S/C18H17NO3/c1-19(2)13-10-8-12(9-11-13)17-18(21-3)16(20)14-6-4-5-7-15(14)22-17/h4-11H,1-3H3. The zero-order chi connectivity index (χ0) is 15.7. The highest BCUT2D eigenvalue weighted by Gasteiger charge is 2.16. The first kappa shape index (κ1) is 14.2. The predicted molar refractivity (Wildman–Crippen MR) is 88.8 cm³/mol. The molecule has 0 aliphatic heterocycles. The third-order valence-corrected chi connectivity index (χ3v) is 3.61. The lowest BCUT2D eigenvalue weighted by Gasteiger charge is -2.13. The van der Waals surface area contributed by atoms with Gasteiger partial charge in [0.25, 0.3) is 0 Å². The first-order valence-corrected chi connectivity index (χ1v) is 6.99. The second-order valence-electron chi connectivity index (χ2n) is 5.23. The number of nitrogens with zero attached hydrogens (tertiary/aromatic N) is 1. The van der Waals surface area contributed by atoms with Crippen LogP contribution < -0.4 is 15.1 Å². The van der Waals surface area contributed by atoms with Crippen LogP contribution in [0.15, 0.2) is 57.7 Å². The molecule has 0 aliphatic rings. The van der Waals surface area contributed by atoms with Crippen LogP contribution >= 0.6 is 0 Å². The topological polar surface area (TPSA) is 42.7 Å². The van der Waals surface area contributed by atoms with Gasteiger partial charge in [-0.3, -0.25) is 4.79 Å². The van der Waals surface area contributed by atoms with Crippen molar-refractivity contribution in [2.24, 2.45) is 0 Å². The molecule has 0 radical (unpaired) electrons. The second kappa shape index (κ2) is 5.56. The van der Waals surface area contributed by atoms with E-state index in [-0.39, 0.29) is 11.2 Å². The number of fused-ring (bicyclic) bond motifs is 1. The summed E-state index contributed by atoms with van der Waals surface area (Å²) in [6.45, 7) is 0. The van der Waals surface area contributed by atoms with Crippen molar-refractivity contribution in [3.05, 3.63) is 58.8 Å². The lowest BCUT2D eigenvalue weighted by atomic mass is 10.1. The van der Waals surface area contributed by atoms with Gasteiger partial charge in [0.15, 0.2) is 5.76 Å². The number of rotatable bonds is 3. The van der Waals surface area contributed by atoms with Gasteiger partial charge in [-0.05, 0) is 36.4 Å². The number of para-hydroxylation sites is 1. The summed E-state index contributed by atoms with van der Waals surface area (Å²) in [4.78, 5) is 14.5. The molecule has 4 heteroatoms. The fraction of sp³-hybridized carbons (Fsp3) is 0.167. The van der Waals surface area contributed by atoms with Crippen LogP contribution in [0, 0.1) is 0 Å². The third kappa shape index (κ3) is 2.33. The quantitative estimate of drug-likeness (QED) is 0.741. The first-order chi connectivity index (χ1) is 10.6. The third-order valence-electron chi connectivity index (χ3n) is 3.61. The fourth-order valence-electron chi connectivity index (χ4n) is 2.41. The molecule has 0 saturated carbocycles. The Bertz CT molecular complexity index is 864. The smallest absolute Gasteiger partial charge is 0.235 e. The van der Waals surface area contributed by atoms with Crippen molar-refractivity contribution in [3.63, 3.8) is 0 Å². The number of methoxy groups -OCH3 is 1. The highest BCUT2D eigenvalue weighted by atomic mass is 16.5. The van der Waals surface area contributed by atoms with E-state index in [4.69, 9.17) is 9.15 Å². The molecule has 0 unspecified atom stereocenters. The molecule has 0 aliphatic carbocycles. The predicted octanol–water partition coefficient (Wildman–Crippen LogP) is 3.53. The van der Waals surface area contributed by atoms with Gasteiger partial charge in [0.2, 0.25) is 11.2 Å². The van der Waals surface area contributed by atoms with Crippen molar-refractivity contribution in [2.45, 2.75) is 0 Å². The van der Waals surface area contributed by atoms with Gasteiger partial charge in [0.05, 0.1) is 12.5 Å². The van der Waals surface area contributed by atoms with Crippen molar-refractivity contribution in [1.82, 2.24) is 0 Å². The largest absolute Gasteiger partial charge is 0.490 e. The summed E-state index contributed by atoms with van der Waals surface area (Å²) in [5.41, 5.74) is 2.28. The molecule has 22 heavy (non-hydrogen) atoms. The minimum absolute atomic E-state index is 0.156. The van der Waals surface area contributed by atoms with Crippen LogP contribution in [-0.2, 0) is 0 Å². The van der Waals surface area contributed by atoms with Gasteiger partial charge in [-0.25, -0.2) is 0 Å². The van der Waals surface area contributed by atoms with Crippen LogP contribution in [-0.4, -0.2) is 21.2 Å². The molecule has 0 N–H and O–H groups in total. The van der Waals surface area contributed by atoms with Crippen molar-refractivity contribution < 1.29 is 9.15 Å². The molecule has 3 aromatic rings. The van der Waals surface area contributed by atoms with Crippen molar-refractivity contribution in [2.75, 3.05) is 26.1 Å². The average Bonchev–Trinajstić information content (AvgIpc) is 2.55. The molecule has 3 rings (SSSR count). The van der Waals surface area contributed by atoms with Crippen LogP contribution in [0.4, 0.5) is 5.69 Å². The monoisotopic (exact) mass is 295 g/mol. The van der Waals surface area contributed by atoms with E-state index in [1.54, 1.807) is 12.1 Å². The first-order valence-electron chi connectivity index (χ1n) is 6.99. The van der Waals surface area contributed by atoms with Gasteiger partial charge in [0.1, 0.15) is 5.58 Å². The molecule has 1 aromatic heterocycles. The van der Waals surface area contributed by atoms with Crippen molar-refractivity contribution in [1.29, 1.82) is 0 Å². The summed E-state index contributed by atoms with van der Waals surface area (Å²) in [5.74, 6) is 0.688. The van der Waals surface area contributed by atoms with E-state index in [9.17, 15) is 4.79 Å². The van der Waals surface area contributed by atoms with Crippen molar-refractivity contribution in [3.8, 4) is 17.1 Å². The summed E-state index contributed by atoms with van der Waals surface area (Å²) in [6, 6.07) is 15.0. The number of anilines is 1. The SMILES string of the molecule is COc1c(-c2ccc(N(C)C)cc2)oc2ccccc2c1=O. The molecule has 4 nitrogen and oxygen atoms in total. The van der Waals surface area contributed by atoms with Gasteiger partial charge in [-0.1, -0.05) is 12.1 Å². The Hall–Kier alpha value is -2.75. The van der Waals surface area contributed by atoms with Crippen LogP contribution in [0.2, 0.25) is 0 Å². The van der Waals surface area contributed by atoms with Crippen LogP contribution in [0.1, 0.15) is 0 Å². The minimum Gasteiger partial charge on any atom is -0.490 e. The number of ether oxygens (including phenoxy) is 1. The normalized spacial score (nSPS) is 10.7. The molecular weight excluding hydrogens is 278 g/mol. The van der Waals surface area contributed by atoms with Crippen LogP contribution in [0.3, 0.4) is 0 Å². The Kier molecular flexibility index (Phi) is 3.59. The summed E-state index contributed by atoms with van der Waals surface area (Å²) < 4.78 is 11.2. The molecule has 0 fully saturated rings. The number of hydrogen-bond donors (Lipinski definition) is 0. The maximum absolute atomic E-state index is 12.5. The Morgan fingerprint density at radius 2 is 1.68 bits per heavy atom. The van der Waals surface area contributed by atoms with E-state index < -0.39 is 0 Å². The highest BCUT2D eigenvalue weighted by molar-refractivity contribution is 5.82. The summed E-state index contributed by atoms with van der Waals surface area (Å²) >= 11 is 0. The van der Waals surface area contributed by atoms with Gasteiger partial charge in [-0.2, -0.15) is 0 Å². The maximum Gasteiger partial charge on any atom is 0.235 e. The molecule has 112 valence electrons. The summed E-state index contributed by atoms with van der Waals surface area (Å²) in [7, 11) is 5.44. The van der Waals surface area contributed by atoms with E-state index in [0.29, 0.717) is 16.7 Å². The molecule has 0 bridgehead atoms. The van der Waals surface area contributed by atoms with E-state index in [0.717, 1.165) is 11.3 Å². The van der Waals surface area contributed by atoms with E-state index in [1.165, 1.54) is 7.11 Å². The molecule has 1 heterocycles. The Balaban J connectivity index is 2.23. The van der Waals surface area contributed by atoms with Gasteiger partial charge in [-0.15, -0.1) is 0 Å². The van der Waals surface area contributed by atoms with Crippen LogP contribution in [0.5, 0.6) is 5.75 Å². The van der Waals surface area contributed by atoms with Crippen LogP contribution in [0.25, 0.3) is 22.3 Å². The Morgan fingerprint density at radius 1 is 1.00 bits per heavy atom.